The number of rotatable bonds is 7. The molecule has 0 radical (unpaired) electrons. The van der Waals surface area contributed by atoms with E-state index >= 15 is 0 Å². The molecule has 0 aromatic carbocycles. The van der Waals surface area contributed by atoms with Gasteiger partial charge in [0.25, 0.3) is 0 Å². The van der Waals surface area contributed by atoms with Crippen molar-refractivity contribution < 1.29 is 0 Å². The van der Waals surface area contributed by atoms with E-state index in [1.165, 1.54) is 45.1 Å². The number of hydrogen-bond donors (Lipinski definition) is 1. The van der Waals surface area contributed by atoms with Crippen molar-refractivity contribution in [3.8, 4) is 0 Å². The Hall–Kier alpha value is -0.340. The van der Waals surface area contributed by atoms with Crippen molar-refractivity contribution in [2.45, 2.75) is 64.0 Å². The zero-order valence-electron chi connectivity index (χ0n) is 10.8. The minimum Gasteiger partial charge on any atom is -0.329 e. The van der Waals surface area contributed by atoms with Crippen LogP contribution in [0.1, 0.15) is 51.9 Å². The maximum Gasteiger partial charge on any atom is 0.0221 e. The quantitative estimate of drug-likeness (QED) is 0.532. The van der Waals surface area contributed by atoms with Gasteiger partial charge in [0.15, 0.2) is 0 Å². The van der Waals surface area contributed by atoms with Gasteiger partial charge in [0.05, 0.1) is 0 Å². The topological polar surface area (TPSA) is 29.3 Å². The Morgan fingerprint density at radius 1 is 1.31 bits per heavy atom. The molecule has 2 unspecified atom stereocenters. The second kappa shape index (κ2) is 7.86. The number of piperidine rings is 1. The van der Waals surface area contributed by atoms with Crippen LogP contribution in [0.15, 0.2) is 12.7 Å². The van der Waals surface area contributed by atoms with E-state index in [9.17, 15) is 0 Å². The normalized spacial score (nSPS) is 26.9. The molecule has 0 aliphatic carbocycles. The van der Waals surface area contributed by atoms with Crippen molar-refractivity contribution in [1.29, 1.82) is 0 Å². The van der Waals surface area contributed by atoms with E-state index in [1.807, 2.05) is 6.08 Å². The van der Waals surface area contributed by atoms with Gasteiger partial charge in [0.2, 0.25) is 0 Å². The standard InChI is InChI=1S/C14H28N2/c1-3-4-5-6-7-11-16-13(2)9-8-10-14(16)12-15/h3,13-14H,1,4-12,15H2,2H3. The fraction of sp³-hybridized carbons (Fsp3) is 0.857. The van der Waals surface area contributed by atoms with Crippen molar-refractivity contribution in [1.82, 2.24) is 4.90 Å². The molecule has 2 atom stereocenters. The highest BCUT2D eigenvalue weighted by Gasteiger charge is 2.25. The number of allylic oxidation sites excluding steroid dienone is 1. The first-order valence-corrected chi connectivity index (χ1v) is 6.86. The summed E-state index contributed by atoms with van der Waals surface area (Å²) in [6, 6.07) is 1.38. The van der Waals surface area contributed by atoms with Crippen LogP contribution in [0.4, 0.5) is 0 Å². The molecule has 1 aliphatic heterocycles. The van der Waals surface area contributed by atoms with Gasteiger partial charge < -0.3 is 5.73 Å². The Morgan fingerprint density at radius 3 is 2.81 bits per heavy atom. The molecule has 1 saturated heterocycles. The van der Waals surface area contributed by atoms with E-state index in [1.54, 1.807) is 0 Å². The van der Waals surface area contributed by atoms with E-state index < -0.39 is 0 Å². The Balaban J connectivity index is 2.23. The summed E-state index contributed by atoms with van der Waals surface area (Å²) < 4.78 is 0. The van der Waals surface area contributed by atoms with Gasteiger partial charge in [-0.25, -0.2) is 0 Å². The molecule has 16 heavy (non-hydrogen) atoms. The van der Waals surface area contributed by atoms with E-state index in [0.717, 1.165) is 19.0 Å². The number of hydrogen-bond acceptors (Lipinski definition) is 2. The molecule has 0 aromatic heterocycles. The van der Waals surface area contributed by atoms with Gasteiger partial charge in [-0.1, -0.05) is 18.9 Å². The second-order valence-corrected chi connectivity index (χ2v) is 5.05. The molecule has 2 nitrogen and oxygen atoms in total. The molecule has 1 rings (SSSR count). The summed E-state index contributed by atoms with van der Waals surface area (Å²) in [6.45, 7) is 8.18. The lowest BCUT2D eigenvalue weighted by Crippen LogP contribution is -2.49. The largest absolute Gasteiger partial charge is 0.329 e. The SMILES string of the molecule is C=CCCCCCN1C(C)CCCC1CN. The minimum absolute atomic E-state index is 0.642. The van der Waals surface area contributed by atoms with E-state index in [0.29, 0.717) is 6.04 Å². The van der Waals surface area contributed by atoms with Crippen LogP contribution in [-0.2, 0) is 0 Å². The monoisotopic (exact) mass is 224 g/mol. The molecular weight excluding hydrogens is 196 g/mol. The molecule has 1 heterocycles. The van der Waals surface area contributed by atoms with Crippen molar-refractivity contribution >= 4 is 0 Å². The summed E-state index contributed by atoms with van der Waals surface area (Å²) in [5.41, 5.74) is 5.85. The third-order valence-corrected chi connectivity index (χ3v) is 3.79. The molecule has 0 bridgehead atoms. The Morgan fingerprint density at radius 2 is 2.12 bits per heavy atom. The molecule has 0 amide bonds. The molecule has 2 N–H and O–H groups in total. The minimum atomic E-state index is 0.642. The predicted octanol–water partition coefficient (Wildman–Crippen LogP) is 2.93. The van der Waals surface area contributed by atoms with Crippen LogP contribution in [0.2, 0.25) is 0 Å². The molecule has 0 saturated carbocycles. The lowest BCUT2D eigenvalue weighted by molar-refractivity contribution is 0.0952. The maximum atomic E-state index is 5.85. The van der Waals surface area contributed by atoms with Gasteiger partial charge in [0.1, 0.15) is 0 Å². The van der Waals surface area contributed by atoms with E-state index in [2.05, 4.69) is 18.4 Å². The van der Waals surface area contributed by atoms with E-state index in [4.69, 9.17) is 5.73 Å². The van der Waals surface area contributed by atoms with Crippen LogP contribution in [0, 0.1) is 0 Å². The number of nitrogens with zero attached hydrogens (tertiary/aromatic N) is 1. The first kappa shape index (κ1) is 13.7. The van der Waals surface area contributed by atoms with Crippen LogP contribution in [0.25, 0.3) is 0 Å². The van der Waals surface area contributed by atoms with Gasteiger partial charge in [-0.2, -0.15) is 0 Å². The Bertz CT molecular complexity index is 191. The zero-order chi connectivity index (χ0) is 11.8. The van der Waals surface area contributed by atoms with Crippen LogP contribution in [0.5, 0.6) is 0 Å². The van der Waals surface area contributed by atoms with Gasteiger partial charge in [-0.05, 0) is 45.6 Å². The number of nitrogens with two attached hydrogens (primary N) is 1. The van der Waals surface area contributed by atoms with Crippen molar-refractivity contribution in [2.75, 3.05) is 13.1 Å². The summed E-state index contributed by atoms with van der Waals surface area (Å²) in [5, 5.41) is 0. The highest BCUT2D eigenvalue weighted by atomic mass is 15.2. The van der Waals surface area contributed by atoms with Crippen LogP contribution < -0.4 is 5.73 Å². The number of unbranched alkanes of at least 4 members (excludes halogenated alkanes) is 3. The average molecular weight is 224 g/mol. The first-order chi connectivity index (χ1) is 7.79. The smallest absolute Gasteiger partial charge is 0.0221 e. The summed E-state index contributed by atoms with van der Waals surface area (Å²) in [4.78, 5) is 2.64. The van der Waals surface area contributed by atoms with Crippen LogP contribution in [0.3, 0.4) is 0 Å². The summed E-state index contributed by atoms with van der Waals surface area (Å²) >= 11 is 0. The first-order valence-electron chi connectivity index (χ1n) is 6.86. The fourth-order valence-corrected chi connectivity index (χ4v) is 2.76. The zero-order valence-corrected chi connectivity index (χ0v) is 10.8. The van der Waals surface area contributed by atoms with Gasteiger partial charge in [0, 0.05) is 18.6 Å². The molecule has 2 heteroatoms. The van der Waals surface area contributed by atoms with Crippen LogP contribution in [-0.4, -0.2) is 30.1 Å². The highest BCUT2D eigenvalue weighted by Crippen LogP contribution is 2.22. The molecule has 0 spiro atoms. The lowest BCUT2D eigenvalue weighted by Gasteiger charge is -2.40. The summed E-state index contributed by atoms with van der Waals surface area (Å²) in [6.07, 6.45) is 11.1. The molecule has 0 aromatic rings. The Labute approximate surface area is 101 Å². The number of likely N-dealkylation sites (tertiary alicyclic amines) is 1. The molecular formula is C14H28N2. The Kier molecular flexibility index (Phi) is 6.74. The van der Waals surface area contributed by atoms with Crippen molar-refractivity contribution in [3.63, 3.8) is 0 Å². The highest BCUT2D eigenvalue weighted by molar-refractivity contribution is 4.82. The predicted molar refractivity (Wildman–Crippen MR) is 71.5 cm³/mol. The lowest BCUT2D eigenvalue weighted by atomic mass is 9.96. The van der Waals surface area contributed by atoms with Crippen molar-refractivity contribution in [2.24, 2.45) is 5.73 Å². The van der Waals surface area contributed by atoms with Gasteiger partial charge >= 0.3 is 0 Å². The molecule has 1 aliphatic rings. The summed E-state index contributed by atoms with van der Waals surface area (Å²) in [5.74, 6) is 0. The second-order valence-electron chi connectivity index (χ2n) is 5.05. The third-order valence-electron chi connectivity index (χ3n) is 3.79. The maximum absolute atomic E-state index is 5.85. The third kappa shape index (κ3) is 4.26. The van der Waals surface area contributed by atoms with E-state index in [-0.39, 0.29) is 0 Å². The van der Waals surface area contributed by atoms with Crippen molar-refractivity contribution in [3.05, 3.63) is 12.7 Å². The molecule has 94 valence electrons. The molecule has 1 fully saturated rings. The van der Waals surface area contributed by atoms with Gasteiger partial charge in [-0.15, -0.1) is 6.58 Å². The fourth-order valence-electron chi connectivity index (χ4n) is 2.76. The average Bonchev–Trinajstić information content (AvgIpc) is 2.30. The van der Waals surface area contributed by atoms with Crippen LogP contribution >= 0.6 is 0 Å². The van der Waals surface area contributed by atoms with Gasteiger partial charge in [-0.3, -0.25) is 4.90 Å². The summed E-state index contributed by atoms with van der Waals surface area (Å²) in [7, 11) is 0.